The van der Waals surface area contributed by atoms with Gasteiger partial charge in [-0.05, 0) is 29.2 Å². The van der Waals surface area contributed by atoms with Gasteiger partial charge in [-0.25, -0.2) is 10.0 Å². The minimum atomic E-state index is -1.05. The Bertz CT molecular complexity index is 979. The van der Waals surface area contributed by atoms with Crippen molar-refractivity contribution in [2.24, 2.45) is 5.92 Å². The Balaban J connectivity index is 1.80. The number of hydroxylamine groups is 2. The smallest absolute Gasteiger partial charge is 0.304 e. The molecule has 3 N–H and O–H groups in total. The van der Waals surface area contributed by atoms with Crippen molar-refractivity contribution in [1.29, 1.82) is 0 Å². The van der Waals surface area contributed by atoms with Crippen LogP contribution in [0.2, 0.25) is 0 Å². The lowest BCUT2D eigenvalue weighted by Crippen LogP contribution is -2.37. The molecule has 0 saturated heterocycles. The summed E-state index contributed by atoms with van der Waals surface area (Å²) in [5.74, 6) is -1.88. The van der Waals surface area contributed by atoms with Crippen molar-refractivity contribution in [3.05, 3.63) is 95.7 Å². The zero-order valence-electron chi connectivity index (χ0n) is 17.1. The highest BCUT2D eigenvalue weighted by molar-refractivity contribution is 5.82. The molecule has 1 atom stereocenters. The van der Waals surface area contributed by atoms with Crippen LogP contribution in [0.15, 0.2) is 79.0 Å². The standard InChI is InChI=1S/C24H25N3O4/c25-22-12-11-20(15-26-22)13-21(14-23(28)29)24(30)27(16-18-7-3-1-4-8-18)31-17-19-9-5-2-6-10-19/h1-12,15,21H,13-14,16-17H2,(H2,25,26)(H,28,29). The molecule has 1 aromatic heterocycles. The van der Waals surface area contributed by atoms with Crippen LogP contribution in [-0.4, -0.2) is 27.0 Å². The van der Waals surface area contributed by atoms with Gasteiger partial charge < -0.3 is 10.8 Å². The monoisotopic (exact) mass is 419 g/mol. The maximum absolute atomic E-state index is 13.4. The number of benzene rings is 2. The number of nitrogen functional groups attached to an aromatic ring is 1. The number of aliphatic carboxylic acids is 1. The lowest BCUT2D eigenvalue weighted by molar-refractivity contribution is -0.200. The van der Waals surface area contributed by atoms with Crippen molar-refractivity contribution in [2.75, 3.05) is 5.73 Å². The Labute approximate surface area is 181 Å². The second-order valence-electron chi connectivity index (χ2n) is 7.21. The van der Waals surface area contributed by atoms with Crippen molar-refractivity contribution in [1.82, 2.24) is 10.0 Å². The van der Waals surface area contributed by atoms with Crippen molar-refractivity contribution in [3.8, 4) is 0 Å². The maximum Gasteiger partial charge on any atom is 0.304 e. The fraction of sp³-hybridized carbons (Fsp3) is 0.208. The van der Waals surface area contributed by atoms with Crippen molar-refractivity contribution in [3.63, 3.8) is 0 Å². The van der Waals surface area contributed by atoms with Gasteiger partial charge in [-0.3, -0.25) is 14.4 Å². The van der Waals surface area contributed by atoms with Gasteiger partial charge in [-0.2, -0.15) is 0 Å². The largest absolute Gasteiger partial charge is 0.481 e. The van der Waals surface area contributed by atoms with E-state index < -0.39 is 11.9 Å². The Morgan fingerprint density at radius 1 is 0.935 bits per heavy atom. The third-order valence-electron chi connectivity index (χ3n) is 4.74. The van der Waals surface area contributed by atoms with Crippen LogP contribution in [0.3, 0.4) is 0 Å². The van der Waals surface area contributed by atoms with Crippen LogP contribution in [-0.2, 0) is 34.0 Å². The highest BCUT2D eigenvalue weighted by atomic mass is 16.7. The van der Waals surface area contributed by atoms with E-state index in [1.165, 1.54) is 5.06 Å². The Morgan fingerprint density at radius 2 is 1.58 bits per heavy atom. The molecule has 0 bridgehead atoms. The number of carboxylic acids is 1. The maximum atomic E-state index is 13.4. The fourth-order valence-corrected chi connectivity index (χ4v) is 3.17. The van der Waals surface area contributed by atoms with Gasteiger partial charge in [0.05, 0.1) is 18.9 Å². The normalized spacial score (nSPS) is 11.6. The number of nitrogens with zero attached hydrogens (tertiary/aromatic N) is 2. The molecule has 1 unspecified atom stereocenters. The van der Waals surface area contributed by atoms with Gasteiger partial charge in [0.2, 0.25) is 5.91 Å². The summed E-state index contributed by atoms with van der Waals surface area (Å²) in [5.41, 5.74) is 8.15. The average molecular weight is 419 g/mol. The summed E-state index contributed by atoms with van der Waals surface area (Å²) < 4.78 is 0. The van der Waals surface area contributed by atoms with Crippen LogP contribution in [0.5, 0.6) is 0 Å². The van der Waals surface area contributed by atoms with E-state index in [0.717, 1.165) is 16.7 Å². The number of hydrogen-bond donors (Lipinski definition) is 2. The first kappa shape index (κ1) is 22.0. The zero-order valence-corrected chi connectivity index (χ0v) is 17.1. The zero-order chi connectivity index (χ0) is 22.1. The van der Waals surface area contributed by atoms with E-state index in [0.29, 0.717) is 5.82 Å². The van der Waals surface area contributed by atoms with Crippen LogP contribution in [0, 0.1) is 5.92 Å². The van der Waals surface area contributed by atoms with Gasteiger partial charge in [0, 0.05) is 6.20 Å². The van der Waals surface area contributed by atoms with Crippen molar-refractivity contribution >= 4 is 17.7 Å². The molecule has 7 nitrogen and oxygen atoms in total. The minimum absolute atomic E-state index is 0.197. The summed E-state index contributed by atoms with van der Waals surface area (Å²) in [6.45, 7) is 0.408. The third-order valence-corrected chi connectivity index (χ3v) is 4.74. The number of carbonyl (C=O) groups excluding carboxylic acids is 1. The number of aromatic nitrogens is 1. The molecule has 0 aliphatic heterocycles. The summed E-state index contributed by atoms with van der Waals surface area (Å²) in [6, 6.07) is 22.3. The Hall–Kier alpha value is -3.71. The van der Waals surface area contributed by atoms with Crippen molar-refractivity contribution < 1.29 is 19.5 Å². The number of amides is 1. The van der Waals surface area contributed by atoms with Crippen LogP contribution in [0.1, 0.15) is 23.1 Å². The van der Waals surface area contributed by atoms with E-state index in [1.54, 1.807) is 18.3 Å². The van der Waals surface area contributed by atoms with E-state index in [-0.39, 0.29) is 31.9 Å². The van der Waals surface area contributed by atoms with Crippen LogP contribution < -0.4 is 5.73 Å². The molecule has 3 rings (SSSR count). The predicted octanol–water partition coefficient (Wildman–Crippen LogP) is 3.46. The fourth-order valence-electron chi connectivity index (χ4n) is 3.17. The molecule has 0 fully saturated rings. The molecule has 3 aromatic rings. The molecule has 0 aliphatic rings. The van der Waals surface area contributed by atoms with E-state index in [9.17, 15) is 14.7 Å². The number of nitrogens with two attached hydrogens (primary N) is 1. The van der Waals surface area contributed by atoms with Crippen LogP contribution in [0.25, 0.3) is 0 Å². The Kier molecular flexibility index (Phi) is 7.73. The third kappa shape index (κ3) is 6.94. The summed E-state index contributed by atoms with van der Waals surface area (Å²) in [5, 5.41) is 10.7. The molecule has 2 aromatic carbocycles. The van der Waals surface area contributed by atoms with E-state index >= 15 is 0 Å². The number of rotatable bonds is 10. The second-order valence-corrected chi connectivity index (χ2v) is 7.21. The van der Waals surface area contributed by atoms with Crippen molar-refractivity contribution in [2.45, 2.75) is 26.0 Å². The lowest BCUT2D eigenvalue weighted by Gasteiger charge is -2.26. The van der Waals surface area contributed by atoms with E-state index in [4.69, 9.17) is 10.6 Å². The Morgan fingerprint density at radius 3 is 2.16 bits per heavy atom. The first-order valence-corrected chi connectivity index (χ1v) is 9.95. The molecule has 7 heteroatoms. The average Bonchev–Trinajstić information content (AvgIpc) is 2.78. The topological polar surface area (TPSA) is 106 Å². The lowest BCUT2D eigenvalue weighted by atomic mass is 9.96. The van der Waals surface area contributed by atoms with Gasteiger partial charge in [-0.15, -0.1) is 0 Å². The van der Waals surface area contributed by atoms with Gasteiger partial charge in [0.1, 0.15) is 12.4 Å². The predicted molar refractivity (Wildman–Crippen MR) is 116 cm³/mol. The summed E-state index contributed by atoms with van der Waals surface area (Å²) >= 11 is 0. The summed E-state index contributed by atoms with van der Waals surface area (Å²) in [7, 11) is 0. The van der Waals surface area contributed by atoms with E-state index in [1.807, 2.05) is 60.7 Å². The molecular weight excluding hydrogens is 394 g/mol. The molecule has 31 heavy (non-hydrogen) atoms. The van der Waals surface area contributed by atoms with Gasteiger partial charge in [-0.1, -0.05) is 66.7 Å². The number of carboxylic acid groups (broad SMARTS) is 1. The van der Waals surface area contributed by atoms with Crippen LogP contribution in [0.4, 0.5) is 5.82 Å². The molecule has 0 aliphatic carbocycles. The highest BCUT2D eigenvalue weighted by Gasteiger charge is 2.28. The number of pyridine rings is 1. The number of carbonyl (C=O) groups is 2. The van der Waals surface area contributed by atoms with E-state index in [2.05, 4.69) is 4.98 Å². The second kappa shape index (κ2) is 10.9. The minimum Gasteiger partial charge on any atom is -0.481 e. The SMILES string of the molecule is Nc1ccc(CC(CC(=O)O)C(=O)N(Cc2ccccc2)OCc2ccccc2)cn1. The van der Waals surface area contributed by atoms with Gasteiger partial charge >= 0.3 is 5.97 Å². The van der Waals surface area contributed by atoms with Crippen LogP contribution >= 0.6 is 0 Å². The number of anilines is 1. The molecule has 160 valence electrons. The quantitative estimate of drug-likeness (QED) is 0.488. The molecule has 1 amide bonds. The molecule has 0 spiro atoms. The molecule has 0 radical (unpaired) electrons. The highest BCUT2D eigenvalue weighted by Crippen LogP contribution is 2.19. The first-order valence-electron chi connectivity index (χ1n) is 9.95. The molecular formula is C24H25N3O4. The van der Waals surface area contributed by atoms with Gasteiger partial charge in [0.15, 0.2) is 0 Å². The summed E-state index contributed by atoms with van der Waals surface area (Å²) in [4.78, 5) is 34.7. The molecule has 0 saturated carbocycles. The first-order chi connectivity index (χ1) is 15.0. The van der Waals surface area contributed by atoms with Gasteiger partial charge in [0.25, 0.3) is 0 Å². The molecule has 1 heterocycles. The number of hydrogen-bond acceptors (Lipinski definition) is 5. The summed E-state index contributed by atoms with van der Waals surface area (Å²) in [6.07, 6.45) is 1.46.